The monoisotopic (exact) mass is 323 g/mol. The van der Waals surface area contributed by atoms with Crippen molar-refractivity contribution in [2.45, 2.75) is 26.8 Å². The summed E-state index contributed by atoms with van der Waals surface area (Å²) in [4.78, 5) is 4.66. The molecule has 0 atom stereocenters. The summed E-state index contributed by atoms with van der Waals surface area (Å²) in [5.74, 6) is 2.46. The average Bonchev–Trinajstić information content (AvgIpc) is 2.74. The molecule has 1 heterocycles. The first-order valence-corrected chi connectivity index (χ1v) is 7.10. The first-order chi connectivity index (χ1) is 9.12. The van der Waals surface area contributed by atoms with Crippen molar-refractivity contribution in [3.63, 3.8) is 0 Å². The predicted molar refractivity (Wildman–Crippen MR) is 81.4 cm³/mol. The number of halogens is 1. The summed E-state index contributed by atoms with van der Waals surface area (Å²) < 4.78 is 8.42. The van der Waals surface area contributed by atoms with Crippen molar-refractivity contribution in [3.05, 3.63) is 28.5 Å². The van der Waals surface area contributed by atoms with Crippen LogP contribution in [0.1, 0.15) is 19.7 Å². The number of hydrogen-bond acceptors (Lipinski definition) is 3. The Bertz CT molecular complexity index is 593. The maximum absolute atomic E-state index is 6.23. The van der Waals surface area contributed by atoms with Gasteiger partial charge in [0.2, 0.25) is 0 Å². The molecule has 5 heteroatoms. The molecule has 0 unspecified atom stereocenters. The van der Waals surface area contributed by atoms with Crippen LogP contribution < -0.4 is 10.5 Å². The second-order valence-electron chi connectivity index (χ2n) is 4.20. The van der Waals surface area contributed by atoms with Gasteiger partial charge in [0.1, 0.15) is 23.1 Å². The minimum Gasteiger partial charge on any atom is -0.496 e. The highest BCUT2D eigenvalue weighted by molar-refractivity contribution is 9.10. The molecule has 0 aliphatic carbocycles. The van der Waals surface area contributed by atoms with Crippen molar-refractivity contribution >= 4 is 21.7 Å². The zero-order valence-corrected chi connectivity index (χ0v) is 13.0. The normalized spacial score (nSPS) is 10.7. The van der Waals surface area contributed by atoms with Gasteiger partial charge in [-0.2, -0.15) is 0 Å². The van der Waals surface area contributed by atoms with Crippen molar-refractivity contribution in [2.75, 3.05) is 12.8 Å². The van der Waals surface area contributed by atoms with E-state index in [-0.39, 0.29) is 0 Å². The van der Waals surface area contributed by atoms with E-state index in [2.05, 4.69) is 34.8 Å². The van der Waals surface area contributed by atoms with Gasteiger partial charge in [0.05, 0.1) is 7.11 Å². The predicted octanol–water partition coefficient (Wildman–Crippen LogP) is 3.49. The van der Waals surface area contributed by atoms with Gasteiger partial charge >= 0.3 is 0 Å². The average molecular weight is 324 g/mol. The molecule has 102 valence electrons. The highest BCUT2D eigenvalue weighted by Gasteiger charge is 2.17. The third kappa shape index (κ3) is 2.47. The Balaban J connectivity index is 2.65. The molecule has 2 aromatic rings. The first-order valence-electron chi connectivity index (χ1n) is 6.31. The lowest BCUT2D eigenvalue weighted by Gasteiger charge is -2.08. The maximum atomic E-state index is 6.23. The van der Waals surface area contributed by atoms with Crippen molar-refractivity contribution in [1.29, 1.82) is 0 Å². The van der Waals surface area contributed by atoms with E-state index in [4.69, 9.17) is 10.5 Å². The molecule has 1 aromatic heterocycles. The van der Waals surface area contributed by atoms with E-state index >= 15 is 0 Å². The number of rotatable bonds is 4. The molecule has 1 aromatic carbocycles. The fourth-order valence-corrected chi connectivity index (χ4v) is 2.56. The summed E-state index contributed by atoms with van der Waals surface area (Å²) in [6, 6.07) is 5.84. The zero-order chi connectivity index (χ0) is 14.0. The van der Waals surface area contributed by atoms with Crippen molar-refractivity contribution in [3.8, 4) is 17.0 Å². The van der Waals surface area contributed by atoms with Gasteiger partial charge in [-0.05, 0) is 25.1 Å². The van der Waals surface area contributed by atoms with Crippen molar-refractivity contribution in [1.82, 2.24) is 9.55 Å². The zero-order valence-electron chi connectivity index (χ0n) is 11.4. The van der Waals surface area contributed by atoms with Crippen LogP contribution in [-0.2, 0) is 13.0 Å². The van der Waals surface area contributed by atoms with Gasteiger partial charge in [0.25, 0.3) is 0 Å². The molecule has 2 N–H and O–H groups in total. The number of aryl methyl sites for hydroxylation is 1. The van der Waals surface area contributed by atoms with Crippen LogP contribution in [0.25, 0.3) is 11.3 Å². The lowest BCUT2D eigenvalue weighted by molar-refractivity contribution is 0.416. The van der Waals surface area contributed by atoms with Crippen LogP contribution in [0.4, 0.5) is 5.82 Å². The van der Waals surface area contributed by atoms with Crippen molar-refractivity contribution in [2.24, 2.45) is 0 Å². The molecule has 0 amide bonds. The minimum atomic E-state index is 0.691. The minimum absolute atomic E-state index is 0.691. The van der Waals surface area contributed by atoms with Gasteiger partial charge in [0, 0.05) is 23.0 Å². The van der Waals surface area contributed by atoms with Crippen LogP contribution in [0.5, 0.6) is 5.75 Å². The second-order valence-corrected chi connectivity index (χ2v) is 5.12. The van der Waals surface area contributed by atoms with Crippen LogP contribution >= 0.6 is 15.9 Å². The Morgan fingerprint density at radius 1 is 1.37 bits per heavy atom. The molecule has 0 aliphatic heterocycles. The summed E-state index contributed by atoms with van der Waals surface area (Å²) >= 11 is 3.48. The summed E-state index contributed by atoms with van der Waals surface area (Å²) in [5.41, 5.74) is 7.93. The van der Waals surface area contributed by atoms with E-state index in [1.807, 2.05) is 22.8 Å². The molecule has 0 bridgehead atoms. The molecule has 19 heavy (non-hydrogen) atoms. The highest BCUT2D eigenvalue weighted by atomic mass is 79.9. The number of anilines is 1. The lowest BCUT2D eigenvalue weighted by Crippen LogP contribution is -2.04. The van der Waals surface area contributed by atoms with Gasteiger partial charge in [0.15, 0.2) is 0 Å². The van der Waals surface area contributed by atoms with E-state index in [9.17, 15) is 0 Å². The van der Waals surface area contributed by atoms with E-state index < -0.39 is 0 Å². The molecule has 0 saturated carbocycles. The van der Waals surface area contributed by atoms with E-state index in [1.54, 1.807) is 7.11 Å². The quantitative estimate of drug-likeness (QED) is 0.937. The summed E-state index contributed by atoms with van der Waals surface area (Å²) in [6.45, 7) is 4.97. The lowest BCUT2D eigenvalue weighted by atomic mass is 10.1. The number of nitrogens with two attached hydrogens (primary N) is 1. The molecule has 4 nitrogen and oxygen atoms in total. The van der Waals surface area contributed by atoms with Gasteiger partial charge in [-0.15, -0.1) is 0 Å². The van der Waals surface area contributed by atoms with E-state index in [0.29, 0.717) is 5.82 Å². The molecular weight excluding hydrogens is 306 g/mol. The Hall–Kier alpha value is -1.49. The molecule has 0 aliphatic rings. The number of aromatic nitrogens is 2. The third-order valence-corrected chi connectivity index (χ3v) is 3.63. The van der Waals surface area contributed by atoms with Crippen LogP contribution in [0.3, 0.4) is 0 Å². The Morgan fingerprint density at radius 2 is 2.11 bits per heavy atom. The second kappa shape index (κ2) is 5.65. The summed E-state index contributed by atoms with van der Waals surface area (Å²) in [6.07, 6.45) is 0.856. The standard InChI is InChI=1S/C14H18BrN3O/c1-4-12-17-13(14(16)18(12)5-2)10-8-9(15)6-7-11(10)19-3/h6-8H,4-5,16H2,1-3H3. The number of hydrogen-bond donors (Lipinski definition) is 1. The van der Waals surface area contributed by atoms with Crippen LogP contribution in [-0.4, -0.2) is 16.7 Å². The van der Waals surface area contributed by atoms with Gasteiger partial charge in [-0.25, -0.2) is 4.98 Å². The van der Waals surface area contributed by atoms with Gasteiger partial charge in [-0.3, -0.25) is 0 Å². The SMILES string of the molecule is CCc1nc(-c2cc(Br)ccc2OC)c(N)n1CC. The van der Waals surface area contributed by atoms with Gasteiger partial charge in [-0.1, -0.05) is 22.9 Å². The van der Waals surface area contributed by atoms with Crippen molar-refractivity contribution < 1.29 is 4.74 Å². The number of nitrogens with zero attached hydrogens (tertiary/aromatic N) is 2. The van der Waals surface area contributed by atoms with Gasteiger partial charge < -0.3 is 15.0 Å². The maximum Gasteiger partial charge on any atom is 0.131 e. The molecule has 0 saturated heterocycles. The highest BCUT2D eigenvalue weighted by Crippen LogP contribution is 2.35. The fourth-order valence-electron chi connectivity index (χ4n) is 2.20. The molecule has 0 fully saturated rings. The number of benzene rings is 1. The number of nitrogen functional groups attached to an aromatic ring is 1. The Kier molecular flexibility index (Phi) is 4.14. The largest absolute Gasteiger partial charge is 0.496 e. The van der Waals surface area contributed by atoms with E-state index in [0.717, 1.165) is 40.3 Å². The van der Waals surface area contributed by atoms with Crippen LogP contribution in [0, 0.1) is 0 Å². The topological polar surface area (TPSA) is 53.1 Å². The molecular formula is C14H18BrN3O. The molecule has 2 rings (SSSR count). The fraction of sp³-hybridized carbons (Fsp3) is 0.357. The number of ether oxygens (including phenoxy) is 1. The smallest absolute Gasteiger partial charge is 0.131 e. The molecule has 0 spiro atoms. The summed E-state index contributed by atoms with van der Waals surface area (Å²) in [7, 11) is 1.65. The Labute approximate surface area is 121 Å². The first kappa shape index (κ1) is 13.9. The van der Waals surface area contributed by atoms with Crippen LogP contribution in [0.2, 0.25) is 0 Å². The number of methoxy groups -OCH3 is 1. The van der Waals surface area contributed by atoms with E-state index in [1.165, 1.54) is 0 Å². The number of imidazole rings is 1. The summed E-state index contributed by atoms with van der Waals surface area (Å²) in [5, 5.41) is 0. The Morgan fingerprint density at radius 3 is 2.63 bits per heavy atom. The third-order valence-electron chi connectivity index (χ3n) is 3.13. The van der Waals surface area contributed by atoms with Crippen LogP contribution in [0.15, 0.2) is 22.7 Å². The molecule has 0 radical (unpaired) electrons.